The van der Waals surface area contributed by atoms with E-state index in [0.717, 1.165) is 34.1 Å². The van der Waals surface area contributed by atoms with E-state index in [1.165, 1.54) is 6.20 Å². The second kappa shape index (κ2) is 9.09. The first-order chi connectivity index (χ1) is 14.9. The summed E-state index contributed by atoms with van der Waals surface area (Å²) < 4.78 is 34.3. The minimum Gasteiger partial charge on any atom is -0.369 e. The Morgan fingerprint density at radius 2 is 1.87 bits per heavy atom. The number of benzene rings is 2. The predicted octanol–water partition coefficient (Wildman–Crippen LogP) is 4.74. The number of rotatable bonds is 8. The Kier molecular flexibility index (Phi) is 6.27. The topological polar surface area (TPSA) is 73.2 Å². The first-order valence-corrected chi connectivity index (χ1v) is 11.6. The van der Waals surface area contributed by atoms with Crippen LogP contribution in [0.5, 0.6) is 5.75 Å². The van der Waals surface area contributed by atoms with Crippen LogP contribution in [0, 0.1) is 0 Å². The zero-order valence-corrected chi connectivity index (χ0v) is 18.5. The normalized spacial score (nSPS) is 11.7. The van der Waals surface area contributed by atoms with Gasteiger partial charge in [-0.2, -0.15) is 13.1 Å². The van der Waals surface area contributed by atoms with E-state index < -0.39 is 10.3 Å². The first kappa shape index (κ1) is 21.4. The van der Waals surface area contributed by atoms with E-state index in [1.807, 2.05) is 66.2 Å². The molecule has 1 N–H and O–H groups in total. The monoisotopic (exact) mass is 455 g/mol. The van der Waals surface area contributed by atoms with Gasteiger partial charge in [0.25, 0.3) is 0 Å². The Hall–Kier alpha value is -2.87. The molecule has 4 aromatic rings. The highest BCUT2D eigenvalue weighted by atomic mass is 35.5. The molecule has 0 atom stereocenters. The lowest BCUT2D eigenvalue weighted by molar-refractivity contribution is 0.469. The van der Waals surface area contributed by atoms with Crippen LogP contribution < -0.4 is 8.91 Å². The molecule has 4 rings (SSSR count). The molecule has 2 aromatic heterocycles. The molecule has 6 nitrogen and oxygen atoms in total. The van der Waals surface area contributed by atoms with Gasteiger partial charge in [0.1, 0.15) is 0 Å². The van der Waals surface area contributed by atoms with Crippen LogP contribution in [0.4, 0.5) is 0 Å². The van der Waals surface area contributed by atoms with Crippen molar-refractivity contribution in [1.29, 1.82) is 0 Å². The fraction of sp³-hybridized carbons (Fsp3) is 0.174. The van der Waals surface area contributed by atoms with Crippen LogP contribution in [0.3, 0.4) is 0 Å². The minimum atomic E-state index is -3.94. The molecule has 0 saturated carbocycles. The molecule has 0 unspecified atom stereocenters. The van der Waals surface area contributed by atoms with Crippen LogP contribution in [0.25, 0.3) is 22.2 Å². The summed E-state index contributed by atoms with van der Waals surface area (Å²) in [7, 11) is -2.02. The maximum absolute atomic E-state index is 12.3. The molecule has 8 heteroatoms. The summed E-state index contributed by atoms with van der Waals surface area (Å²) in [5.74, 6) is 0.149. The summed E-state index contributed by atoms with van der Waals surface area (Å²) in [6, 6.07) is 19.2. The highest BCUT2D eigenvalue weighted by Gasteiger charge is 2.14. The largest absolute Gasteiger partial charge is 0.382 e. The third-order valence-electron chi connectivity index (χ3n) is 4.99. The van der Waals surface area contributed by atoms with Gasteiger partial charge in [0.05, 0.1) is 11.9 Å². The summed E-state index contributed by atoms with van der Waals surface area (Å²) in [6.07, 6.45) is 4.50. The van der Waals surface area contributed by atoms with Crippen molar-refractivity contribution >= 4 is 32.8 Å². The minimum absolute atomic E-state index is 0.149. The summed E-state index contributed by atoms with van der Waals surface area (Å²) in [5.41, 5.74) is 3.76. The van der Waals surface area contributed by atoms with Crippen molar-refractivity contribution in [3.63, 3.8) is 0 Å². The van der Waals surface area contributed by atoms with Gasteiger partial charge >= 0.3 is 10.3 Å². The van der Waals surface area contributed by atoms with Gasteiger partial charge < -0.3 is 8.75 Å². The molecule has 0 spiro atoms. The molecule has 0 aliphatic carbocycles. The molecule has 0 aliphatic rings. The van der Waals surface area contributed by atoms with Crippen molar-refractivity contribution in [3.8, 4) is 17.0 Å². The van der Waals surface area contributed by atoms with E-state index in [2.05, 4.69) is 9.71 Å². The van der Waals surface area contributed by atoms with Crippen LogP contribution in [-0.2, 0) is 23.8 Å². The van der Waals surface area contributed by atoms with E-state index in [-0.39, 0.29) is 12.3 Å². The molecular weight excluding hydrogens is 434 g/mol. The molecule has 0 saturated heterocycles. The maximum atomic E-state index is 12.3. The summed E-state index contributed by atoms with van der Waals surface area (Å²) in [5, 5.41) is 1.68. The van der Waals surface area contributed by atoms with Crippen molar-refractivity contribution in [1.82, 2.24) is 14.3 Å². The molecule has 0 bridgehead atoms. The molecule has 0 aliphatic heterocycles. The Balaban J connectivity index is 1.44. The number of halogens is 1. The molecule has 0 fully saturated rings. The number of hydrogen-bond acceptors (Lipinski definition) is 4. The SMILES string of the molecule is Cn1c(-c2cncc(OS(=O)(=O)NCCCc3ccccc3)c2)cc2ccc(Cl)cc21. The van der Waals surface area contributed by atoms with E-state index in [4.69, 9.17) is 15.8 Å². The number of hydrogen-bond donors (Lipinski definition) is 1. The van der Waals surface area contributed by atoms with E-state index in [9.17, 15) is 8.42 Å². The maximum Gasteiger partial charge on any atom is 0.382 e. The van der Waals surface area contributed by atoms with Gasteiger partial charge in [-0.25, -0.2) is 0 Å². The molecular formula is C23H22ClN3O3S. The average molecular weight is 456 g/mol. The second-order valence-electron chi connectivity index (χ2n) is 7.22. The lowest BCUT2D eigenvalue weighted by Crippen LogP contribution is -2.29. The summed E-state index contributed by atoms with van der Waals surface area (Å²) >= 11 is 6.11. The molecule has 0 amide bonds. The van der Waals surface area contributed by atoms with Crippen LogP contribution >= 0.6 is 11.6 Å². The number of aromatic nitrogens is 2. The highest BCUT2D eigenvalue weighted by molar-refractivity contribution is 7.85. The smallest absolute Gasteiger partial charge is 0.369 e. The Morgan fingerprint density at radius 1 is 1.06 bits per heavy atom. The standard InChI is InChI=1S/C23H22ClN3O3S/c1-27-22(13-18-9-10-20(24)14-23(18)27)19-12-21(16-25-15-19)30-31(28,29)26-11-5-8-17-6-3-2-4-7-17/h2-4,6-7,9-10,12-16,26H,5,8,11H2,1H3. The second-order valence-corrected chi connectivity index (χ2v) is 9.02. The Morgan fingerprint density at radius 3 is 2.68 bits per heavy atom. The van der Waals surface area contributed by atoms with Gasteiger partial charge in [-0.05, 0) is 42.7 Å². The third-order valence-corrected chi connectivity index (χ3v) is 6.19. The Labute approximate surface area is 186 Å². The number of nitrogens with one attached hydrogen (secondary N) is 1. The fourth-order valence-corrected chi connectivity index (χ4v) is 4.44. The van der Waals surface area contributed by atoms with Crippen LogP contribution in [0.15, 0.2) is 73.1 Å². The lowest BCUT2D eigenvalue weighted by Gasteiger charge is -2.10. The van der Waals surface area contributed by atoms with Crippen molar-refractivity contribution in [2.45, 2.75) is 12.8 Å². The van der Waals surface area contributed by atoms with Gasteiger partial charge in [0, 0.05) is 41.3 Å². The van der Waals surface area contributed by atoms with E-state index in [0.29, 0.717) is 11.4 Å². The zero-order chi connectivity index (χ0) is 21.8. The van der Waals surface area contributed by atoms with E-state index in [1.54, 1.807) is 12.3 Å². The number of nitrogens with zero attached hydrogens (tertiary/aromatic N) is 2. The van der Waals surface area contributed by atoms with Crippen LogP contribution in [-0.4, -0.2) is 24.5 Å². The van der Waals surface area contributed by atoms with Gasteiger partial charge in [0.2, 0.25) is 0 Å². The number of pyridine rings is 1. The third kappa shape index (κ3) is 5.25. The van der Waals surface area contributed by atoms with Crippen molar-refractivity contribution in [3.05, 3.63) is 83.6 Å². The number of aryl methyl sites for hydroxylation is 2. The first-order valence-electron chi connectivity index (χ1n) is 9.85. The van der Waals surface area contributed by atoms with E-state index >= 15 is 0 Å². The summed E-state index contributed by atoms with van der Waals surface area (Å²) in [6.45, 7) is 0.286. The molecule has 0 radical (unpaired) electrons. The fourth-order valence-electron chi connectivity index (χ4n) is 3.48. The van der Waals surface area contributed by atoms with Gasteiger partial charge in [0.15, 0.2) is 5.75 Å². The predicted molar refractivity (Wildman–Crippen MR) is 123 cm³/mol. The molecule has 2 aromatic carbocycles. The summed E-state index contributed by atoms with van der Waals surface area (Å²) in [4.78, 5) is 4.15. The average Bonchev–Trinajstić information content (AvgIpc) is 3.08. The van der Waals surface area contributed by atoms with Crippen molar-refractivity contribution in [2.24, 2.45) is 7.05 Å². The van der Waals surface area contributed by atoms with Gasteiger partial charge in [-0.1, -0.05) is 48.0 Å². The zero-order valence-electron chi connectivity index (χ0n) is 17.0. The van der Waals surface area contributed by atoms with Gasteiger partial charge in [-0.15, -0.1) is 0 Å². The van der Waals surface area contributed by atoms with Crippen molar-refractivity contribution < 1.29 is 12.6 Å². The van der Waals surface area contributed by atoms with Crippen LogP contribution in [0.2, 0.25) is 5.02 Å². The van der Waals surface area contributed by atoms with Crippen molar-refractivity contribution in [2.75, 3.05) is 6.54 Å². The molecule has 160 valence electrons. The Bertz CT molecular complexity index is 1300. The molecule has 31 heavy (non-hydrogen) atoms. The highest BCUT2D eigenvalue weighted by Crippen LogP contribution is 2.30. The number of fused-ring (bicyclic) bond motifs is 1. The lowest BCUT2D eigenvalue weighted by atomic mass is 10.1. The van der Waals surface area contributed by atoms with Gasteiger partial charge in [-0.3, -0.25) is 4.98 Å². The van der Waals surface area contributed by atoms with Crippen LogP contribution in [0.1, 0.15) is 12.0 Å². The quantitative estimate of drug-likeness (QED) is 0.389. The molecule has 2 heterocycles.